The zero-order valence-electron chi connectivity index (χ0n) is 14.8. The molecule has 3 fully saturated rings. The molecule has 138 valence electrons. The van der Waals surface area contributed by atoms with E-state index >= 15 is 0 Å². The Bertz CT molecular complexity index is 460. The predicted molar refractivity (Wildman–Crippen MR) is 87.2 cm³/mol. The first kappa shape index (κ1) is 18.3. The first-order valence-electron chi connectivity index (χ1n) is 8.76. The Morgan fingerprint density at radius 2 is 1.62 bits per heavy atom. The molecule has 24 heavy (non-hydrogen) atoms. The van der Waals surface area contributed by atoms with Gasteiger partial charge in [-0.3, -0.25) is 0 Å². The molecule has 1 saturated carbocycles. The first-order valence-corrected chi connectivity index (χ1v) is 8.76. The van der Waals surface area contributed by atoms with E-state index < -0.39 is 17.0 Å². The van der Waals surface area contributed by atoms with E-state index in [1.165, 1.54) is 0 Å². The van der Waals surface area contributed by atoms with Crippen LogP contribution in [0.3, 0.4) is 0 Å². The molecule has 2 heterocycles. The molecule has 3 rings (SSSR count). The van der Waals surface area contributed by atoms with E-state index in [2.05, 4.69) is 13.5 Å². The van der Waals surface area contributed by atoms with Gasteiger partial charge in [-0.25, -0.2) is 0 Å². The van der Waals surface area contributed by atoms with Gasteiger partial charge in [0, 0.05) is 30.6 Å². The van der Waals surface area contributed by atoms with Crippen molar-refractivity contribution in [2.45, 2.75) is 44.7 Å². The molecule has 0 aromatic heterocycles. The molecule has 0 amide bonds. The van der Waals surface area contributed by atoms with Crippen molar-refractivity contribution in [3.8, 4) is 0 Å². The van der Waals surface area contributed by atoms with Crippen LogP contribution in [0.2, 0.25) is 0 Å². The van der Waals surface area contributed by atoms with Crippen molar-refractivity contribution >= 4 is 0 Å². The molecule has 1 unspecified atom stereocenters. The lowest BCUT2D eigenvalue weighted by Gasteiger charge is -2.55. The van der Waals surface area contributed by atoms with Crippen LogP contribution in [0, 0.1) is 16.7 Å². The van der Waals surface area contributed by atoms with E-state index in [4.69, 9.17) is 18.9 Å². The van der Waals surface area contributed by atoms with Gasteiger partial charge in [0.15, 0.2) is 11.6 Å². The van der Waals surface area contributed by atoms with Gasteiger partial charge < -0.3 is 29.2 Å². The highest BCUT2D eigenvalue weighted by Crippen LogP contribution is 2.49. The number of aliphatic hydroxyl groups is 2. The summed E-state index contributed by atoms with van der Waals surface area (Å²) in [5.41, 5.74) is -0.840. The van der Waals surface area contributed by atoms with Crippen molar-refractivity contribution in [2.24, 2.45) is 16.7 Å². The van der Waals surface area contributed by atoms with E-state index in [0.717, 1.165) is 0 Å². The van der Waals surface area contributed by atoms with Crippen molar-refractivity contribution in [3.05, 3.63) is 12.7 Å². The lowest BCUT2D eigenvalue weighted by molar-refractivity contribution is -0.383. The highest BCUT2D eigenvalue weighted by Gasteiger charge is 2.55. The minimum atomic E-state index is -0.628. The summed E-state index contributed by atoms with van der Waals surface area (Å²) in [5, 5.41) is 19.0. The fourth-order valence-corrected chi connectivity index (χ4v) is 3.70. The monoisotopic (exact) mass is 342 g/mol. The number of ether oxygens (including phenoxy) is 4. The molecule has 2 spiro atoms. The van der Waals surface area contributed by atoms with Crippen molar-refractivity contribution in [1.82, 2.24) is 0 Å². The molecule has 6 heteroatoms. The van der Waals surface area contributed by atoms with E-state index in [-0.39, 0.29) is 24.5 Å². The van der Waals surface area contributed by atoms with E-state index in [0.29, 0.717) is 45.7 Å². The van der Waals surface area contributed by atoms with Crippen LogP contribution in [0.4, 0.5) is 0 Å². The third kappa shape index (κ3) is 3.04. The summed E-state index contributed by atoms with van der Waals surface area (Å²) in [6.07, 6.45) is 3.78. The Kier molecular flexibility index (Phi) is 4.83. The SMILES string of the molecule is C=CC1(CO)COC2(CCC3(OCC(C)(CO)CO3)C(C)C2)OC1. The molecule has 0 aromatic carbocycles. The quantitative estimate of drug-likeness (QED) is 0.756. The fraction of sp³-hybridized carbons (Fsp3) is 0.889. The van der Waals surface area contributed by atoms with Gasteiger partial charge in [-0.05, 0) is 0 Å². The Morgan fingerprint density at radius 1 is 1.00 bits per heavy atom. The van der Waals surface area contributed by atoms with Crippen molar-refractivity contribution in [2.75, 3.05) is 39.6 Å². The van der Waals surface area contributed by atoms with E-state index in [9.17, 15) is 10.2 Å². The van der Waals surface area contributed by atoms with Gasteiger partial charge in [0.05, 0.1) is 45.1 Å². The zero-order valence-corrected chi connectivity index (χ0v) is 14.8. The minimum Gasteiger partial charge on any atom is -0.396 e. The van der Waals surface area contributed by atoms with Gasteiger partial charge in [0.2, 0.25) is 0 Å². The van der Waals surface area contributed by atoms with Crippen molar-refractivity contribution in [1.29, 1.82) is 0 Å². The summed E-state index contributed by atoms with van der Waals surface area (Å²) in [7, 11) is 0. The summed E-state index contributed by atoms with van der Waals surface area (Å²) in [4.78, 5) is 0. The molecule has 2 saturated heterocycles. The van der Waals surface area contributed by atoms with Crippen LogP contribution in [0.5, 0.6) is 0 Å². The third-order valence-corrected chi connectivity index (χ3v) is 5.93. The molecular weight excluding hydrogens is 312 g/mol. The Balaban J connectivity index is 1.63. The fourth-order valence-electron chi connectivity index (χ4n) is 3.70. The van der Waals surface area contributed by atoms with Gasteiger partial charge >= 0.3 is 0 Å². The Labute approximate surface area is 143 Å². The van der Waals surface area contributed by atoms with Crippen LogP contribution in [-0.4, -0.2) is 61.4 Å². The molecular formula is C18H30O6. The Hall–Kier alpha value is -0.500. The smallest absolute Gasteiger partial charge is 0.171 e. The number of hydrogen-bond donors (Lipinski definition) is 2. The molecule has 6 nitrogen and oxygen atoms in total. The van der Waals surface area contributed by atoms with Crippen LogP contribution in [0.15, 0.2) is 12.7 Å². The van der Waals surface area contributed by atoms with Gasteiger partial charge in [0.1, 0.15) is 0 Å². The predicted octanol–water partition coefficient (Wildman–Crippen LogP) is 1.46. The number of rotatable bonds is 3. The topological polar surface area (TPSA) is 77.4 Å². The molecule has 3 aliphatic rings. The lowest BCUT2D eigenvalue weighted by Crippen LogP contribution is -2.61. The van der Waals surface area contributed by atoms with Crippen molar-refractivity contribution < 1.29 is 29.2 Å². The van der Waals surface area contributed by atoms with Crippen LogP contribution < -0.4 is 0 Å². The molecule has 1 aliphatic carbocycles. The van der Waals surface area contributed by atoms with Crippen LogP contribution in [0.25, 0.3) is 0 Å². The summed E-state index contributed by atoms with van der Waals surface area (Å²) >= 11 is 0. The second kappa shape index (κ2) is 6.34. The van der Waals surface area contributed by atoms with E-state index in [1.54, 1.807) is 6.08 Å². The normalized spacial score (nSPS) is 49.4. The second-order valence-electron chi connectivity index (χ2n) is 8.18. The van der Waals surface area contributed by atoms with Gasteiger partial charge in [-0.2, -0.15) is 0 Å². The van der Waals surface area contributed by atoms with Gasteiger partial charge in [-0.15, -0.1) is 6.58 Å². The average molecular weight is 342 g/mol. The first-order chi connectivity index (χ1) is 11.3. The third-order valence-electron chi connectivity index (χ3n) is 5.93. The minimum absolute atomic E-state index is 0.0297. The molecule has 0 aromatic rings. The number of aliphatic hydroxyl groups excluding tert-OH is 2. The second-order valence-corrected chi connectivity index (χ2v) is 8.18. The summed E-state index contributed by atoms with van der Waals surface area (Å²) < 4.78 is 24.3. The number of hydrogen-bond acceptors (Lipinski definition) is 6. The average Bonchev–Trinajstić information content (AvgIpc) is 2.62. The molecule has 2 aliphatic heterocycles. The van der Waals surface area contributed by atoms with Crippen LogP contribution in [-0.2, 0) is 18.9 Å². The van der Waals surface area contributed by atoms with Crippen molar-refractivity contribution in [3.63, 3.8) is 0 Å². The van der Waals surface area contributed by atoms with Gasteiger partial charge in [-0.1, -0.05) is 19.9 Å². The summed E-state index contributed by atoms with van der Waals surface area (Å²) in [6.45, 7) is 9.68. The molecule has 0 bridgehead atoms. The maximum absolute atomic E-state index is 9.56. The van der Waals surface area contributed by atoms with Crippen LogP contribution in [0.1, 0.15) is 33.1 Å². The van der Waals surface area contributed by atoms with E-state index in [1.807, 2.05) is 6.92 Å². The maximum Gasteiger partial charge on any atom is 0.171 e. The zero-order chi connectivity index (χ0) is 17.5. The Morgan fingerprint density at radius 3 is 2.08 bits per heavy atom. The highest BCUT2D eigenvalue weighted by atomic mass is 16.7. The summed E-state index contributed by atoms with van der Waals surface area (Å²) in [6, 6.07) is 0. The lowest BCUT2D eigenvalue weighted by atomic mass is 9.78. The molecule has 0 radical (unpaired) electrons. The largest absolute Gasteiger partial charge is 0.396 e. The standard InChI is InChI=1S/C18H30O6/c1-4-16(9-20)12-21-17(22-13-16)5-6-18(14(2)7-17)23-10-15(3,8-19)11-24-18/h4,14,19-20H,1,5-13H2,2-3H3. The molecule has 2 N–H and O–H groups in total. The van der Waals surface area contributed by atoms with Crippen LogP contribution >= 0.6 is 0 Å². The molecule has 1 atom stereocenters. The summed E-state index contributed by atoms with van der Waals surface area (Å²) in [5.74, 6) is -1.13. The highest BCUT2D eigenvalue weighted by molar-refractivity contribution is 5.01. The maximum atomic E-state index is 9.56. The van der Waals surface area contributed by atoms with Gasteiger partial charge in [0.25, 0.3) is 0 Å².